The number of fused-ring (bicyclic) bond motifs is 1. The average molecular weight is 424 g/mol. The van der Waals surface area contributed by atoms with Gasteiger partial charge in [0.05, 0.1) is 24.2 Å². The van der Waals surface area contributed by atoms with Crippen molar-refractivity contribution < 1.29 is 33.0 Å². The molecular formula is C19H19F3N4O4. The maximum atomic E-state index is 13.3. The van der Waals surface area contributed by atoms with Crippen LogP contribution in [0.3, 0.4) is 0 Å². The van der Waals surface area contributed by atoms with E-state index in [0.29, 0.717) is 16.9 Å². The van der Waals surface area contributed by atoms with Gasteiger partial charge in [-0.15, -0.1) is 0 Å². The molecule has 0 spiro atoms. The van der Waals surface area contributed by atoms with Gasteiger partial charge in [-0.25, -0.2) is 15.4 Å². The van der Waals surface area contributed by atoms with Gasteiger partial charge >= 0.3 is 6.18 Å². The van der Waals surface area contributed by atoms with Crippen molar-refractivity contribution in [3.05, 3.63) is 54.0 Å². The minimum atomic E-state index is -4.53. The van der Waals surface area contributed by atoms with Gasteiger partial charge in [0.25, 0.3) is 0 Å². The smallest absolute Gasteiger partial charge is 0.388 e. The first-order valence-electron chi connectivity index (χ1n) is 9.08. The molecule has 4 rings (SSSR count). The van der Waals surface area contributed by atoms with Crippen LogP contribution in [0.4, 0.5) is 19.0 Å². The Bertz CT molecular complexity index is 1040. The number of nitrogens with zero attached hydrogens (tertiary/aromatic N) is 3. The maximum Gasteiger partial charge on any atom is 0.416 e. The van der Waals surface area contributed by atoms with Crippen molar-refractivity contribution in [3.63, 3.8) is 0 Å². The second-order valence-corrected chi connectivity index (χ2v) is 6.89. The van der Waals surface area contributed by atoms with Crippen molar-refractivity contribution >= 4 is 16.9 Å². The molecule has 0 saturated carbocycles. The number of anilines is 1. The molecule has 1 aliphatic heterocycles. The van der Waals surface area contributed by atoms with Crippen LogP contribution in [0.5, 0.6) is 0 Å². The van der Waals surface area contributed by atoms with Crippen LogP contribution in [0.25, 0.3) is 11.0 Å². The summed E-state index contributed by atoms with van der Waals surface area (Å²) in [4.78, 5) is 13.1. The monoisotopic (exact) mass is 424 g/mol. The van der Waals surface area contributed by atoms with Crippen molar-refractivity contribution in [2.45, 2.75) is 37.1 Å². The summed E-state index contributed by atoms with van der Waals surface area (Å²) in [6.45, 7) is 0. The predicted octanol–water partition coefficient (Wildman–Crippen LogP) is 2.29. The van der Waals surface area contributed by atoms with Crippen LogP contribution < -0.4 is 5.48 Å². The van der Waals surface area contributed by atoms with Gasteiger partial charge in [0.1, 0.15) is 24.2 Å². The van der Waals surface area contributed by atoms with Gasteiger partial charge in [0, 0.05) is 12.6 Å². The van der Waals surface area contributed by atoms with E-state index in [0.717, 1.165) is 6.07 Å². The Balaban J connectivity index is 1.62. The second kappa shape index (κ2) is 7.84. The number of ether oxygens (including phenoxy) is 1. The van der Waals surface area contributed by atoms with E-state index in [1.165, 1.54) is 36.2 Å². The molecule has 0 amide bonds. The molecule has 3 N–H and O–H groups in total. The lowest BCUT2D eigenvalue weighted by Gasteiger charge is -2.18. The number of hydrogen-bond acceptors (Lipinski definition) is 7. The van der Waals surface area contributed by atoms with Crippen LogP contribution in [0.2, 0.25) is 0 Å². The fourth-order valence-corrected chi connectivity index (χ4v) is 3.67. The van der Waals surface area contributed by atoms with E-state index in [2.05, 4.69) is 15.4 Å². The number of hydrogen-bond donors (Lipinski definition) is 3. The minimum Gasteiger partial charge on any atom is -0.388 e. The Morgan fingerprint density at radius 1 is 1.17 bits per heavy atom. The third kappa shape index (κ3) is 3.60. The van der Waals surface area contributed by atoms with Crippen LogP contribution in [-0.4, -0.2) is 50.2 Å². The van der Waals surface area contributed by atoms with Crippen molar-refractivity contribution in [1.82, 2.24) is 14.5 Å². The Morgan fingerprint density at radius 2 is 1.93 bits per heavy atom. The lowest BCUT2D eigenvalue weighted by Crippen LogP contribution is -2.32. The van der Waals surface area contributed by atoms with Crippen molar-refractivity contribution in [2.24, 2.45) is 0 Å². The topological polar surface area (TPSA) is 102 Å². The van der Waals surface area contributed by atoms with Gasteiger partial charge in [-0.3, -0.25) is 4.84 Å². The van der Waals surface area contributed by atoms with Gasteiger partial charge in [-0.1, -0.05) is 18.2 Å². The first-order valence-corrected chi connectivity index (χ1v) is 9.08. The fourth-order valence-electron chi connectivity index (χ4n) is 3.67. The molecule has 11 heteroatoms. The second-order valence-electron chi connectivity index (χ2n) is 6.89. The van der Waals surface area contributed by atoms with Gasteiger partial charge in [-0.05, 0) is 17.7 Å². The first-order chi connectivity index (χ1) is 14.3. The summed E-state index contributed by atoms with van der Waals surface area (Å²) in [6, 6.07) is 6.77. The summed E-state index contributed by atoms with van der Waals surface area (Å²) in [5.41, 5.74) is 2.19. The summed E-state index contributed by atoms with van der Waals surface area (Å²) in [6.07, 6.45) is -6.69. The summed E-state index contributed by atoms with van der Waals surface area (Å²) in [5, 5.41) is 21.6. The zero-order valence-electron chi connectivity index (χ0n) is 15.7. The van der Waals surface area contributed by atoms with Crippen LogP contribution in [0.15, 0.2) is 42.9 Å². The number of nitrogens with one attached hydrogen (secondary N) is 1. The number of aliphatic hydroxyl groups is 2. The van der Waals surface area contributed by atoms with E-state index >= 15 is 0 Å². The SMILES string of the molecule is CONc1ncnc2c1ccn2[C@@H]1O[C@H](Cc2ccccc2C(F)(F)F)[C@@H](O)[C@H]1O. The number of halogens is 3. The summed E-state index contributed by atoms with van der Waals surface area (Å²) >= 11 is 0. The quantitative estimate of drug-likeness (QED) is 0.540. The molecule has 0 radical (unpaired) electrons. The van der Waals surface area contributed by atoms with E-state index in [4.69, 9.17) is 9.57 Å². The van der Waals surface area contributed by atoms with E-state index in [1.54, 1.807) is 12.3 Å². The van der Waals surface area contributed by atoms with E-state index in [-0.39, 0.29) is 12.0 Å². The molecule has 3 heterocycles. The molecule has 160 valence electrons. The lowest BCUT2D eigenvalue weighted by atomic mass is 9.98. The highest BCUT2D eigenvalue weighted by Gasteiger charge is 2.45. The van der Waals surface area contributed by atoms with Gasteiger partial charge in [0.2, 0.25) is 0 Å². The Hall–Kier alpha value is -2.73. The normalized spacial score (nSPS) is 24.5. The van der Waals surface area contributed by atoms with Gasteiger partial charge < -0.3 is 19.5 Å². The predicted molar refractivity (Wildman–Crippen MR) is 99.2 cm³/mol. The van der Waals surface area contributed by atoms with Crippen LogP contribution >= 0.6 is 0 Å². The number of aliphatic hydroxyl groups excluding tert-OH is 2. The number of benzene rings is 1. The molecule has 1 aromatic carbocycles. The lowest BCUT2D eigenvalue weighted by molar-refractivity contribution is -0.138. The third-order valence-electron chi connectivity index (χ3n) is 5.06. The fraction of sp³-hybridized carbons (Fsp3) is 0.368. The molecule has 0 bridgehead atoms. The van der Waals surface area contributed by atoms with E-state index in [1.807, 2.05) is 0 Å². The van der Waals surface area contributed by atoms with Crippen LogP contribution in [0, 0.1) is 0 Å². The van der Waals surface area contributed by atoms with Crippen molar-refractivity contribution in [1.29, 1.82) is 0 Å². The molecule has 8 nitrogen and oxygen atoms in total. The van der Waals surface area contributed by atoms with E-state index < -0.39 is 36.3 Å². The zero-order chi connectivity index (χ0) is 21.5. The number of alkyl halides is 3. The molecule has 0 aliphatic carbocycles. The molecule has 0 unspecified atom stereocenters. The average Bonchev–Trinajstić information content (AvgIpc) is 3.25. The summed E-state index contributed by atoms with van der Waals surface area (Å²) in [5.74, 6) is 0.393. The first kappa shape index (κ1) is 20.5. The summed E-state index contributed by atoms with van der Waals surface area (Å²) in [7, 11) is 1.43. The van der Waals surface area contributed by atoms with E-state index in [9.17, 15) is 23.4 Å². The molecule has 1 aliphatic rings. The third-order valence-corrected chi connectivity index (χ3v) is 5.06. The van der Waals surface area contributed by atoms with Crippen molar-refractivity contribution in [2.75, 3.05) is 12.6 Å². The maximum absolute atomic E-state index is 13.3. The number of aromatic nitrogens is 3. The molecule has 1 fully saturated rings. The zero-order valence-corrected chi connectivity index (χ0v) is 15.7. The molecular weight excluding hydrogens is 405 g/mol. The molecule has 3 aromatic rings. The van der Waals surface area contributed by atoms with Crippen LogP contribution in [-0.2, 0) is 22.2 Å². The molecule has 4 atom stereocenters. The van der Waals surface area contributed by atoms with Crippen molar-refractivity contribution in [3.8, 4) is 0 Å². The van der Waals surface area contributed by atoms with Gasteiger partial charge in [-0.2, -0.15) is 13.2 Å². The largest absolute Gasteiger partial charge is 0.416 e. The Kier molecular flexibility index (Phi) is 5.36. The highest BCUT2D eigenvalue weighted by molar-refractivity contribution is 5.87. The Morgan fingerprint density at radius 3 is 2.67 bits per heavy atom. The Labute approximate surface area is 168 Å². The summed E-state index contributed by atoms with van der Waals surface area (Å²) < 4.78 is 47.1. The highest BCUT2D eigenvalue weighted by atomic mass is 19.4. The van der Waals surface area contributed by atoms with Crippen LogP contribution in [0.1, 0.15) is 17.4 Å². The molecule has 2 aromatic heterocycles. The highest BCUT2D eigenvalue weighted by Crippen LogP contribution is 2.37. The molecule has 1 saturated heterocycles. The standard InChI is InChI=1S/C19H19F3N4O4/c1-29-25-16-11-6-7-26(17(11)24-9-23-16)18-15(28)14(27)13(30-18)8-10-4-2-3-5-12(10)19(20,21)22/h2-7,9,13-15,18,27-28H,8H2,1H3,(H,23,24,25)/t13-,14-,15-,18-/m1/s1. The minimum absolute atomic E-state index is 0.0202. The number of rotatable bonds is 5. The van der Waals surface area contributed by atoms with Gasteiger partial charge in [0.15, 0.2) is 12.0 Å². The molecule has 30 heavy (non-hydrogen) atoms.